The molecule has 1 atom stereocenters. The van der Waals surface area contributed by atoms with Gasteiger partial charge in [-0.3, -0.25) is 0 Å². The molecular weight excluding hydrogens is 358 g/mol. The zero-order chi connectivity index (χ0) is 18.9. The molecule has 0 aliphatic carbocycles. The van der Waals surface area contributed by atoms with Crippen LogP contribution in [0.25, 0.3) is 11.0 Å². The molecule has 0 saturated carbocycles. The quantitative estimate of drug-likeness (QED) is 0.544. The van der Waals surface area contributed by atoms with Gasteiger partial charge in [-0.2, -0.15) is 0 Å². The zero-order valence-corrected chi connectivity index (χ0v) is 15.6. The zero-order valence-electron chi connectivity index (χ0n) is 14.8. The fourth-order valence-corrected chi connectivity index (χ4v) is 3.55. The molecule has 5 N–H and O–H groups in total. The Morgan fingerprint density at radius 3 is 3.00 bits per heavy atom. The molecule has 0 bridgehead atoms. The van der Waals surface area contributed by atoms with E-state index in [9.17, 15) is 9.90 Å². The summed E-state index contributed by atoms with van der Waals surface area (Å²) in [4.78, 5) is 20.5. The molecule has 3 rings (SSSR count). The van der Waals surface area contributed by atoms with Crippen molar-refractivity contribution < 1.29 is 15.0 Å². The highest BCUT2D eigenvalue weighted by molar-refractivity contribution is 6.35. The van der Waals surface area contributed by atoms with E-state index in [1.165, 1.54) is 0 Å². The lowest BCUT2D eigenvalue weighted by molar-refractivity contribution is 0.0945. The molecular formula is C17H24ClN5O3. The highest BCUT2D eigenvalue weighted by Gasteiger charge is 2.26. The molecule has 2 aromatic rings. The van der Waals surface area contributed by atoms with Crippen LogP contribution in [-0.4, -0.2) is 57.6 Å². The fourth-order valence-electron chi connectivity index (χ4n) is 3.29. The van der Waals surface area contributed by atoms with Crippen molar-refractivity contribution in [1.82, 2.24) is 15.3 Å². The molecule has 8 nitrogen and oxygen atoms in total. The normalized spacial score (nSPS) is 18.2. The van der Waals surface area contributed by atoms with Gasteiger partial charge in [-0.25, -0.2) is 9.78 Å². The standard InChI is InChI=1S/C17H24ClN5O3/c1-17(2,26)9-21-12-7-20-15-13(12)14(11(18)6-19-15)23-5-3-4-10(8-23)22-16(24)25/h6-7,10,21-22,26H,3-5,8-9H2,1-2H3,(H,19,20)(H,24,25). The van der Waals surface area contributed by atoms with E-state index in [1.54, 1.807) is 26.2 Å². The Hall–Kier alpha value is -2.19. The highest BCUT2D eigenvalue weighted by atomic mass is 35.5. The van der Waals surface area contributed by atoms with Crippen LogP contribution in [0, 0.1) is 0 Å². The Morgan fingerprint density at radius 2 is 2.31 bits per heavy atom. The van der Waals surface area contributed by atoms with E-state index in [0.29, 0.717) is 23.8 Å². The first-order valence-electron chi connectivity index (χ1n) is 8.61. The third-order valence-corrected chi connectivity index (χ3v) is 4.68. The number of hydrogen-bond donors (Lipinski definition) is 5. The number of fused-ring (bicyclic) bond motifs is 1. The maximum atomic E-state index is 11.0. The van der Waals surface area contributed by atoms with Crippen molar-refractivity contribution in [3.63, 3.8) is 0 Å². The van der Waals surface area contributed by atoms with Gasteiger partial charge in [0.05, 0.1) is 33.6 Å². The second kappa shape index (κ2) is 7.20. The topological polar surface area (TPSA) is 114 Å². The SMILES string of the molecule is CC(C)(O)CNc1c[nH]c2ncc(Cl)c(N3CCCC(NC(=O)O)C3)c12. The first-order chi connectivity index (χ1) is 12.2. The van der Waals surface area contributed by atoms with E-state index in [2.05, 4.69) is 25.5 Å². The number of rotatable bonds is 5. The summed E-state index contributed by atoms with van der Waals surface area (Å²) in [6.45, 7) is 5.16. The Bertz CT molecular complexity index is 802. The van der Waals surface area contributed by atoms with E-state index in [0.717, 1.165) is 36.1 Å². The van der Waals surface area contributed by atoms with Gasteiger partial charge in [0.15, 0.2) is 0 Å². The number of amides is 1. The summed E-state index contributed by atoms with van der Waals surface area (Å²) in [5.74, 6) is 0. The van der Waals surface area contributed by atoms with Gasteiger partial charge in [-0.05, 0) is 26.7 Å². The molecule has 3 heterocycles. The van der Waals surface area contributed by atoms with E-state index in [4.69, 9.17) is 16.7 Å². The molecule has 1 fully saturated rings. The number of piperidine rings is 1. The molecule has 1 aliphatic rings. The lowest BCUT2D eigenvalue weighted by Gasteiger charge is -2.35. The van der Waals surface area contributed by atoms with Crippen LogP contribution in [0.15, 0.2) is 12.4 Å². The van der Waals surface area contributed by atoms with Crippen LogP contribution >= 0.6 is 11.6 Å². The number of pyridine rings is 1. The number of carboxylic acid groups (broad SMARTS) is 1. The fraction of sp³-hybridized carbons (Fsp3) is 0.529. The first-order valence-corrected chi connectivity index (χ1v) is 8.98. The predicted octanol–water partition coefficient (Wildman–Crippen LogP) is 2.64. The van der Waals surface area contributed by atoms with Crippen molar-refractivity contribution in [2.45, 2.75) is 38.3 Å². The average Bonchev–Trinajstić information content (AvgIpc) is 2.95. The Labute approximate surface area is 156 Å². The Kier molecular flexibility index (Phi) is 5.15. The maximum absolute atomic E-state index is 11.0. The summed E-state index contributed by atoms with van der Waals surface area (Å²) < 4.78 is 0. The summed E-state index contributed by atoms with van der Waals surface area (Å²) in [5.41, 5.74) is 1.46. The largest absolute Gasteiger partial charge is 0.465 e. The van der Waals surface area contributed by atoms with Crippen molar-refractivity contribution in [1.29, 1.82) is 0 Å². The van der Waals surface area contributed by atoms with E-state index >= 15 is 0 Å². The van der Waals surface area contributed by atoms with Crippen molar-refractivity contribution in [2.75, 3.05) is 29.9 Å². The third-order valence-electron chi connectivity index (χ3n) is 4.41. The van der Waals surface area contributed by atoms with Crippen LogP contribution in [0.5, 0.6) is 0 Å². The number of aromatic amines is 1. The monoisotopic (exact) mass is 381 g/mol. The van der Waals surface area contributed by atoms with E-state index in [-0.39, 0.29) is 6.04 Å². The second-order valence-corrected chi connectivity index (χ2v) is 7.69. The van der Waals surface area contributed by atoms with Gasteiger partial charge in [-0.1, -0.05) is 11.6 Å². The molecule has 0 aromatic carbocycles. The van der Waals surface area contributed by atoms with Gasteiger partial charge in [0, 0.05) is 31.9 Å². The van der Waals surface area contributed by atoms with Crippen LogP contribution in [0.2, 0.25) is 5.02 Å². The lowest BCUT2D eigenvalue weighted by atomic mass is 10.0. The molecule has 142 valence electrons. The van der Waals surface area contributed by atoms with Crippen LogP contribution in [0.4, 0.5) is 16.2 Å². The summed E-state index contributed by atoms with van der Waals surface area (Å²) in [6.07, 6.45) is 4.05. The van der Waals surface area contributed by atoms with Crippen LogP contribution in [-0.2, 0) is 0 Å². The average molecular weight is 382 g/mol. The van der Waals surface area contributed by atoms with Gasteiger partial charge < -0.3 is 30.7 Å². The maximum Gasteiger partial charge on any atom is 0.404 e. The summed E-state index contributed by atoms with van der Waals surface area (Å²) in [7, 11) is 0. The first kappa shape index (κ1) is 18.6. The lowest BCUT2D eigenvalue weighted by Crippen LogP contribution is -2.47. The highest BCUT2D eigenvalue weighted by Crippen LogP contribution is 2.38. The van der Waals surface area contributed by atoms with Gasteiger partial charge in [0.1, 0.15) is 5.65 Å². The number of halogens is 1. The number of aromatic nitrogens is 2. The summed E-state index contributed by atoms with van der Waals surface area (Å²) in [5, 5.41) is 26.2. The molecule has 0 radical (unpaired) electrons. The van der Waals surface area contributed by atoms with Crippen LogP contribution in [0.1, 0.15) is 26.7 Å². The minimum Gasteiger partial charge on any atom is -0.465 e. The number of hydrogen-bond acceptors (Lipinski definition) is 5. The summed E-state index contributed by atoms with van der Waals surface area (Å²) >= 11 is 6.48. The minimum absolute atomic E-state index is 0.146. The van der Waals surface area contributed by atoms with Crippen molar-refractivity contribution in [3.05, 3.63) is 17.4 Å². The predicted molar refractivity (Wildman–Crippen MR) is 102 cm³/mol. The number of aliphatic hydroxyl groups is 1. The molecule has 1 amide bonds. The second-order valence-electron chi connectivity index (χ2n) is 7.28. The number of anilines is 2. The molecule has 0 spiro atoms. The molecule has 1 saturated heterocycles. The number of H-pyrrole nitrogens is 1. The molecule has 26 heavy (non-hydrogen) atoms. The van der Waals surface area contributed by atoms with Gasteiger partial charge >= 0.3 is 6.09 Å². The van der Waals surface area contributed by atoms with E-state index < -0.39 is 11.7 Å². The number of nitrogens with zero attached hydrogens (tertiary/aromatic N) is 2. The third kappa shape index (κ3) is 4.13. The van der Waals surface area contributed by atoms with Crippen LogP contribution in [0.3, 0.4) is 0 Å². The Morgan fingerprint density at radius 1 is 1.54 bits per heavy atom. The molecule has 1 aliphatic heterocycles. The summed E-state index contributed by atoms with van der Waals surface area (Å²) in [6, 6.07) is -0.146. The smallest absolute Gasteiger partial charge is 0.404 e. The van der Waals surface area contributed by atoms with Gasteiger partial charge in [-0.15, -0.1) is 0 Å². The Balaban J connectivity index is 1.95. The van der Waals surface area contributed by atoms with Crippen molar-refractivity contribution in [2.24, 2.45) is 0 Å². The van der Waals surface area contributed by atoms with Crippen molar-refractivity contribution >= 4 is 40.1 Å². The van der Waals surface area contributed by atoms with E-state index in [1.807, 2.05) is 0 Å². The van der Waals surface area contributed by atoms with Gasteiger partial charge in [0.2, 0.25) is 0 Å². The molecule has 1 unspecified atom stereocenters. The van der Waals surface area contributed by atoms with Crippen molar-refractivity contribution in [3.8, 4) is 0 Å². The van der Waals surface area contributed by atoms with Crippen LogP contribution < -0.4 is 15.5 Å². The molecule has 2 aromatic heterocycles. The van der Waals surface area contributed by atoms with Gasteiger partial charge in [0.25, 0.3) is 0 Å². The number of carbonyl (C=O) groups is 1. The number of nitrogens with one attached hydrogen (secondary N) is 3. The minimum atomic E-state index is -1.02. The molecule has 9 heteroatoms.